The van der Waals surface area contributed by atoms with Crippen LogP contribution in [0.2, 0.25) is 0 Å². The van der Waals surface area contributed by atoms with Crippen LogP contribution in [0, 0.1) is 6.92 Å². The Hall–Kier alpha value is -3.85. The van der Waals surface area contributed by atoms with Gasteiger partial charge in [-0.15, -0.1) is 0 Å². The molecule has 0 aliphatic carbocycles. The predicted octanol–water partition coefficient (Wildman–Crippen LogP) is 3.81. The molecule has 9 heteroatoms. The minimum absolute atomic E-state index is 0.0298. The number of rotatable bonds is 10. The number of amides is 1. The molecule has 0 radical (unpaired) electrons. The average Bonchev–Trinajstić information content (AvgIpc) is 3.34. The maximum absolute atomic E-state index is 13.4. The highest BCUT2D eigenvalue weighted by atomic mass is 16.5. The Morgan fingerprint density at radius 2 is 1.89 bits per heavy atom. The number of hydrogen-bond donors (Lipinski definition) is 1. The van der Waals surface area contributed by atoms with E-state index in [-0.39, 0.29) is 11.3 Å². The van der Waals surface area contributed by atoms with E-state index in [1.165, 1.54) is 4.90 Å². The summed E-state index contributed by atoms with van der Waals surface area (Å²) in [6.07, 6.45) is 2.62. The zero-order valence-electron chi connectivity index (χ0n) is 22.0. The Balaban J connectivity index is 1.91. The second kappa shape index (κ2) is 11.0. The van der Waals surface area contributed by atoms with Crippen molar-refractivity contribution < 1.29 is 24.2 Å². The predicted molar refractivity (Wildman–Crippen MR) is 141 cm³/mol. The lowest BCUT2D eigenvalue weighted by atomic mass is 9.96. The highest BCUT2D eigenvalue weighted by molar-refractivity contribution is 6.46. The molecule has 3 heterocycles. The van der Waals surface area contributed by atoms with Crippen LogP contribution in [-0.4, -0.2) is 76.4 Å². The topological polar surface area (TPSA) is 96.6 Å². The minimum Gasteiger partial charge on any atom is -0.505 e. The minimum atomic E-state index is -0.798. The van der Waals surface area contributed by atoms with E-state index in [0.717, 1.165) is 6.42 Å². The second-order valence-electron chi connectivity index (χ2n) is 9.26. The van der Waals surface area contributed by atoms with E-state index in [1.54, 1.807) is 29.7 Å². The van der Waals surface area contributed by atoms with Crippen molar-refractivity contribution in [1.29, 1.82) is 0 Å². The van der Waals surface area contributed by atoms with Gasteiger partial charge in [0.25, 0.3) is 11.7 Å². The lowest BCUT2D eigenvalue weighted by Crippen LogP contribution is -2.35. The van der Waals surface area contributed by atoms with E-state index in [9.17, 15) is 14.7 Å². The second-order valence-corrected chi connectivity index (χ2v) is 9.26. The summed E-state index contributed by atoms with van der Waals surface area (Å²) in [5.41, 5.74) is 2.26. The molecule has 0 saturated carbocycles. The van der Waals surface area contributed by atoms with Crippen molar-refractivity contribution in [3.05, 3.63) is 65.1 Å². The number of likely N-dealkylation sites (tertiary alicyclic amines) is 1. The van der Waals surface area contributed by atoms with E-state index in [4.69, 9.17) is 9.47 Å². The first-order chi connectivity index (χ1) is 17.8. The largest absolute Gasteiger partial charge is 0.505 e. The maximum atomic E-state index is 13.4. The summed E-state index contributed by atoms with van der Waals surface area (Å²) >= 11 is 0. The van der Waals surface area contributed by atoms with Crippen molar-refractivity contribution in [1.82, 2.24) is 19.2 Å². The third kappa shape index (κ3) is 5.04. The maximum Gasteiger partial charge on any atom is 0.295 e. The fourth-order valence-corrected chi connectivity index (χ4v) is 4.59. The number of aliphatic hydroxyl groups excluding tert-OH is 1. The number of aryl methyl sites for hydroxylation is 1. The van der Waals surface area contributed by atoms with Crippen LogP contribution >= 0.6 is 0 Å². The van der Waals surface area contributed by atoms with Gasteiger partial charge in [-0.3, -0.25) is 14.0 Å². The Morgan fingerprint density at radius 1 is 1.11 bits per heavy atom. The summed E-state index contributed by atoms with van der Waals surface area (Å²) in [7, 11) is 3.81. The number of carbonyl (C=O) groups excluding carboxylic acids is 2. The van der Waals surface area contributed by atoms with Gasteiger partial charge >= 0.3 is 0 Å². The number of hydrogen-bond acceptors (Lipinski definition) is 7. The molecule has 1 aromatic carbocycles. The summed E-state index contributed by atoms with van der Waals surface area (Å²) in [6.45, 7) is 7.49. The molecule has 1 N–H and O–H groups in total. The molecule has 1 aliphatic heterocycles. The first kappa shape index (κ1) is 26.2. The molecule has 37 heavy (non-hydrogen) atoms. The van der Waals surface area contributed by atoms with Crippen LogP contribution in [0.25, 0.3) is 11.4 Å². The third-order valence-corrected chi connectivity index (χ3v) is 6.30. The van der Waals surface area contributed by atoms with Gasteiger partial charge in [0.2, 0.25) is 0 Å². The van der Waals surface area contributed by atoms with Gasteiger partial charge in [0.05, 0.1) is 30.5 Å². The first-order valence-corrected chi connectivity index (χ1v) is 12.5. The van der Waals surface area contributed by atoms with Gasteiger partial charge < -0.3 is 24.4 Å². The molecule has 1 unspecified atom stereocenters. The number of nitrogens with zero attached hydrogens (tertiary/aromatic N) is 4. The molecule has 196 valence electrons. The molecular weight excluding hydrogens is 472 g/mol. The first-order valence-electron chi connectivity index (χ1n) is 12.5. The van der Waals surface area contributed by atoms with Crippen molar-refractivity contribution in [2.24, 2.45) is 0 Å². The van der Waals surface area contributed by atoms with Gasteiger partial charge in [0, 0.05) is 19.3 Å². The molecule has 0 spiro atoms. The number of imidazole rings is 1. The van der Waals surface area contributed by atoms with E-state index in [1.807, 2.05) is 57.1 Å². The molecule has 1 fully saturated rings. The van der Waals surface area contributed by atoms with Crippen LogP contribution in [0.1, 0.15) is 43.3 Å². The number of benzene rings is 1. The highest BCUT2D eigenvalue weighted by Crippen LogP contribution is 2.42. The molecule has 3 aromatic rings. The highest BCUT2D eigenvalue weighted by Gasteiger charge is 2.46. The summed E-state index contributed by atoms with van der Waals surface area (Å²) in [5, 5.41) is 11.6. The number of Topliss-reactive ketones (excluding diaryl/α,β-unsaturated/α-hetero) is 1. The van der Waals surface area contributed by atoms with Gasteiger partial charge in [-0.1, -0.05) is 19.1 Å². The van der Waals surface area contributed by atoms with Crippen molar-refractivity contribution in [3.63, 3.8) is 0 Å². The number of aliphatic hydroxyl groups is 1. The van der Waals surface area contributed by atoms with Gasteiger partial charge in [-0.25, -0.2) is 4.98 Å². The van der Waals surface area contributed by atoms with Crippen LogP contribution in [-0.2, 0) is 9.59 Å². The van der Waals surface area contributed by atoms with Crippen molar-refractivity contribution in [2.75, 3.05) is 40.4 Å². The molecular formula is C28H34N4O5. The van der Waals surface area contributed by atoms with Gasteiger partial charge in [0.1, 0.15) is 11.3 Å². The molecule has 4 rings (SSSR count). The van der Waals surface area contributed by atoms with Gasteiger partial charge in [-0.2, -0.15) is 0 Å². The molecule has 1 atom stereocenters. The van der Waals surface area contributed by atoms with Gasteiger partial charge in [0.15, 0.2) is 17.3 Å². The van der Waals surface area contributed by atoms with Gasteiger partial charge in [-0.05, 0) is 64.2 Å². The van der Waals surface area contributed by atoms with Crippen molar-refractivity contribution in [3.8, 4) is 11.5 Å². The monoisotopic (exact) mass is 506 g/mol. The summed E-state index contributed by atoms with van der Waals surface area (Å²) in [5.74, 6) is -0.510. The molecule has 1 saturated heterocycles. The van der Waals surface area contributed by atoms with Crippen molar-refractivity contribution >= 4 is 23.1 Å². The summed E-state index contributed by atoms with van der Waals surface area (Å²) < 4.78 is 13.4. The summed E-state index contributed by atoms with van der Waals surface area (Å²) in [6, 6.07) is 10.1. The number of likely N-dealkylation sites (N-methyl/N-ethyl adjacent to an activating group) is 1. The molecule has 2 aromatic heterocycles. The molecule has 1 aliphatic rings. The van der Waals surface area contributed by atoms with E-state index < -0.39 is 17.7 Å². The zero-order chi connectivity index (χ0) is 26.7. The van der Waals surface area contributed by atoms with E-state index in [0.29, 0.717) is 60.4 Å². The Bertz CT molecular complexity index is 1340. The summed E-state index contributed by atoms with van der Waals surface area (Å²) in [4.78, 5) is 34.7. The molecule has 9 nitrogen and oxygen atoms in total. The van der Waals surface area contributed by atoms with Crippen LogP contribution in [0.4, 0.5) is 0 Å². The smallest absolute Gasteiger partial charge is 0.295 e. The normalized spacial score (nSPS) is 17.2. The Morgan fingerprint density at radius 3 is 2.59 bits per heavy atom. The van der Waals surface area contributed by atoms with Crippen LogP contribution < -0.4 is 9.47 Å². The lowest BCUT2D eigenvalue weighted by molar-refractivity contribution is -0.140. The number of ether oxygens (including phenoxy) is 2. The number of aromatic nitrogens is 2. The fraction of sp³-hybridized carbons (Fsp3) is 0.393. The Labute approximate surface area is 216 Å². The van der Waals surface area contributed by atoms with Crippen LogP contribution in [0.5, 0.6) is 11.5 Å². The molecule has 1 amide bonds. The number of ketones is 1. The van der Waals surface area contributed by atoms with Crippen molar-refractivity contribution in [2.45, 2.75) is 33.2 Å². The third-order valence-electron chi connectivity index (χ3n) is 6.30. The quantitative estimate of drug-likeness (QED) is 0.254. The SMILES string of the molecule is CCCOc1ccc(C2/C(=C(\O)c3c(C)nc4ccccn34)C(=O)C(=O)N2CCN(C)C)cc1OCC. The average molecular weight is 507 g/mol. The van der Waals surface area contributed by atoms with Crippen LogP contribution in [0.15, 0.2) is 48.2 Å². The standard InChI is InChI=1S/C28H34N4O5/c1-6-16-37-20-12-11-19(17-21(20)36-7-2)25-23(27(34)28(35)32(25)15-14-30(4)5)26(33)24-18(3)29-22-10-8-9-13-31(22)24/h8-13,17,25,33H,6-7,14-16H2,1-5H3/b26-23+. The Kier molecular flexibility index (Phi) is 7.83. The number of fused-ring (bicyclic) bond motifs is 1. The van der Waals surface area contributed by atoms with E-state index >= 15 is 0 Å². The number of pyridine rings is 1. The van der Waals surface area contributed by atoms with Crippen LogP contribution in [0.3, 0.4) is 0 Å². The van der Waals surface area contributed by atoms with E-state index in [2.05, 4.69) is 4.98 Å². The molecule has 0 bridgehead atoms. The zero-order valence-corrected chi connectivity index (χ0v) is 22.0. The fourth-order valence-electron chi connectivity index (χ4n) is 4.59. The number of carbonyl (C=O) groups is 2. The lowest BCUT2D eigenvalue weighted by Gasteiger charge is -2.27.